The van der Waals surface area contributed by atoms with E-state index in [0.29, 0.717) is 0 Å². The number of nitrogens with zero attached hydrogens (tertiary/aromatic N) is 2. The molecule has 0 unspecified atom stereocenters. The summed E-state index contributed by atoms with van der Waals surface area (Å²) in [4.78, 5) is 4.54. The largest absolute Gasteiger partial charge is 0.324 e. The van der Waals surface area contributed by atoms with Crippen LogP contribution in [0.3, 0.4) is 0 Å². The fourth-order valence-corrected chi connectivity index (χ4v) is 3.04. The number of nitrogens with two attached hydrogens (primary N) is 1. The molecule has 1 aliphatic carbocycles. The maximum atomic E-state index is 5.93. The number of benzene rings is 1. The van der Waals surface area contributed by atoms with Gasteiger partial charge in [0.05, 0.1) is 11.4 Å². The molecule has 118 valence electrons. The van der Waals surface area contributed by atoms with Crippen molar-refractivity contribution in [3.63, 3.8) is 0 Å². The number of nitrogens with one attached hydrogen (secondary N) is 1. The van der Waals surface area contributed by atoms with Crippen LogP contribution in [-0.4, -0.2) is 16.7 Å². The molecule has 23 heavy (non-hydrogen) atoms. The van der Waals surface area contributed by atoms with E-state index in [1.54, 1.807) is 0 Å². The molecule has 1 heterocycles. The summed E-state index contributed by atoms with van der Waals surface area (Å²) in [5, 5.41) is 7.88. The summed E-state index contributed by atoms with van der Waals surface area (Å²) in [6.45, 7) is 1.97. The van der Waals surface area contributed by atoms with Gasteiger partial charge in [0.1, 0.15) is 0 Å². The number of thiazole rings is 1. The van der Waals surface area contributed by atoms with Crippen molar-refractivity contribution in [3.05, 3.63) is 58.5 Å². The number of aromatic nitrogens is 1. The standard InChI is InChI=1S/C17H17ClN4S/c1-11(13-3-2-4-15(19)9-13)21-22-17-20-16(10-23-17)12-5-7-14(18)8-6-12/h2-8,10,15H,9,19H2,1H3,(H,20,22)/b21-11+/t15-/m1/s1. The maximum Gasteiger partial charge on any atom is 0.203 e. The summed E-state index contributed by atoms with van der Waals surface area (Å²) < 4.78 is 0. The molecule has 0 bridgehead atoms. The first-order valence-electron chi connectivity index (χ1n) is 7.27. The van der Waals surface area contributed by atoms with Crippen LogP contribution in [-0.2, 0) is 0 Å². The van der Waals surface area contributed by atoms with Crippen molar-refractivity contribution in [1.29, 1.82) is 0 Å². The third kappa shape index (κ3) is 4.07. The zero-order valence-corrected chi connectivity index (χ0v) is 14.2. The van der Waals surface area contributed by atoms with Crippen molar-refractivity contribution in [3.8, 4) is 11.3 Å². The molecule has 0 saturated heterocycles. The average Bonchev–Trinajstić information content (AvgIpc) is 3.02. The second-order valence-corrected chi connectivity index (χ2v) is 6.59. The molecule has 0 spiro atoms. The summed E-state index contributed by atoms with van der Waals surface area (Å²) in [5.41, 5.74) is 13.0. The molecule has 0 aliphatic heterocycles. The summed E-state index contributed by atoms with van der Waals surface area (Å²) in [7, 11) is 0. The fraction of sp³-hybridized carbons (Fsp3) is 0.176. The van der Waals surface area contributed by atoms with Gasteiger partial charge >= 0.3 is 0 Å². The van der Waals surface area contributed by atoms with Crippen molar-refractivity contribution < 1.29 is 0 Å². The predicted octanol–water partition coefficient (Wildman–Crippen LogP) is 4.46. The Kier molecular flexibility index (Phi) is 4.91. The van der Waals surface area contributed by atoms with Crippen LogP contribution in [0.2, 0.25) is 5.02 Å². The molecule has 0 saturated carbocycles. The number of allylic oxidation sites excluding steroid dienone is 2. The number of halogens is 1. The van der Waals surface area contributed by atoms with Crippen molar-refractivity contribution >= 4 is 33.8 Å². The monoisotopic (exact) mass is 344 g/mol. The summed E-state index contributed by atoms with van der Waals surface area (Å²) in [5.74, 6) is 0. The Morgan fingerprint density at radius 1 is 1.39 bits per heavy atom. The molecule has 1 aliphatic rings. The predicted molar refractivity (Wildman–Crippen MR) is 99.1 cm³/mol. The van der Waals surface area contributed by atoms with Crippen molar-refractivity contribution in [2.75, 3.05) is 5.43 Å². The first-order valence-corrected chi connectivity index (χ1v) is 8.52. The number of hydrogen-bond donors (Lipinski definition) is 2. The number of anilines is 1. The van der Waals surface area contributed by atoms with Gasteiger partial charge in [-0.25, -0.2) is 4.98 Å². The van der Waals surface area contributed by atoms with E-state index in [0.717, 1.165) is 39.1 Å². The van der Waals surface area contributed by atoms with Crippen LogP contribution in [0, 0.1) is 0 Å². The Morgan fingerprint density at radius 2 is 2.17 bits per heavy atom. The number of rotatable bonds is 4. The maximum absolute atomic E-state index is 5.93. The molecule has 1 aromatic carbocycles. The Hall–Kier alpha value is -1.95. The van der Waals surface area contributed by atoms with Crippen molar-refractivity contribution in [1.82, 2.24) is 4.98 Å². The van der Waals surface area contributed by atoms with Gasteiger partial charge in [-0.1, -0.05) is 42.0 Å². The van der Waals surface area contributed by atoms with E-state index in [9.17, 15) is 0 Å². The van der Waals surface area contributed by atoms with E-state index in [4.69, 9.17) is 17.3 Å². The van der Waals surface area contributed by atoms with Crippen molar-refractivity contribution in [2.24, 2.45) is 10.8 Å². The van der Waals surface area contributed by atoms with Crippen molar-refractivity contribution in [2.45, 2.75) is 19.4 Å². The molecule has 3 N–H and O–H groups in total. The lowest BCUT2D eigenvalue weighted by molar-refractivity contribution is 0.809. The van der Waals surface area contributed by atoms with E-state index in [1.165, 1.54) is 11.3 Å². The molecule has 0 radical (unpaired) electrons. The lowest BCUT2D eigenvalue weighted by atomic mass is 9.98. The van der Waals surface area contributed by atoms with Crippen LogP contribution in [0.25, 0.3) is 11.3 Å². The van der Waals surface area contributed by atoms with Crippen LogP contribution in [0.1, 0.15) is 13.3 Å². The van der Waals surface area contributed by atoms with Gasteiger partial charge in [0.15, 0.2) is 0 Å². The first kappa shape index (κ1) is 15.9. The number of hydrogen-bond acceptors (Lipinski definition) is 5. The third-order valence-electron chi connectivity index (χ3n) is 3.54. The SMILES string of the molecule is C/C(=N\Nc1nc(-c2ccc(Cl)cc2)cs1)C1=CC=C[C@@H](N)C1. The fourth-order valence-electron chi connectivity index (χ4n) is 2.25. The molecule has 2 aromatic rings. The molecule has 0 fully saturated rings. The van der Waals surface area contributed by atoms with Gasteiger partial charge < -0.3 is 5.73 Å². The molecule has 6 heteroatoms. The zero-order chi connectivity index (χ0) is 16.2. The second kappa shape index (κ2) is 7.08. The van der Waals surface area contributed by atoms with E-state index in [-0.39, 0.29) is 6.04 Å². The highest BCUT2D eigenvalue weighted by Crippen LogP contribution is 2.26. The second-order valence-electron chi connectivity index (χ2n) is 5.30. The Balaban J connectivity index is 1.69. The topological polar surface area (TPSA) is 63.3 Å². The minimum absolute atomic E-state index is 0.0662. The van der Waals surface area contributed by atoms with Gasteiger partial charge in [-0.3, -0.25) is 5.43 Å². The highest BCUT2D eigenvalue weighted by atomic mass is 35.5. The minimum Gasteiger partial charge on any atom is -0.324 e. The van der Waals surface area contributed by atoms with Crippen LogP contribution >= 0.6 is 22.9 Å². The van der Waals surface area contributed by atoms with Crippen LogP contribution in [0.4, 0.5) is 5.13 Å². The molecular weight excluding hydrogens is 328 g/mol. The average molecular weight is 345 g/mol. The van der Waals surface area contributed by atoms with Gasteiger partial charge in [-0.2, -0.15) is 5.10 Å². The highest BCUT2D eigenvalue weighted by Gasteiger charge is 2.10. The van der Waals surface area contributed by atoms with E-state index in [2.05, 4.69) is 15.5 Å². The lowest BCUT2D eigenvalue weighted by Gasteiger charge is -2.13. The van der Waals surface area contributed by atoms with E-state index < -0.39 is 0 Å². The smallest absolute Gasteiger partial charge is 0.203 e. The van der Waals surface area contributed by atoms with E-state index in [1.807, 2.05) is 54.8 Å². The van der Waals surface area contributed by atoms with Gasteiger partial charge in [-0.15, -0.1) is 11.3 Å². The van der Waals surface area contributed by atoms with Gasteiger partial charge in [0.2, 0.25) is 5.13 Å². The summed E-state index contributed by atoms with van der Waals surface area (Å²) in [6.07, 6.45) is 6.82. The highest BCUT2D eigenvalue weighted by molar-refractivity contribution is 7.14. The lowest BCUT2D eigenvalue weighted by Crippen LogP contribution is -2.21. The normalized spacial score (nSPS) is 18.0. The summed E-state index contributed by atoms with van der Waals surface area (Å²) in [6, 6.07) is 7.69. The summed E-state index contributed by atoms with van der Waals surface area (Å²) >= 11 is 7.42. The molecule has 3 rings (SSSR count). The van der Waals surface area contributed by atoms with E-state index >= 15 is 0 Å². The molecule has 1 atom stereocenters. The van der Waals surface area contributed by atoms with Crippen LogP contribution < -0.4 is 11.2 Å². The first-order chi connectivity index (χ1) is 11.1. The molecule has 4 nitrogen and oxygen atoms in total. The minimum atomic E-state index is 0.0662. The van der Waals surface area contributed by atoms with Crippen LogP contribution in [0.5, 0.6) is 0 Å². The van der Waals surface area contributed by atoms with Crippen LogP contribution in [0.15, 0.2) is 58.5 Å². The number of hydrazone groups is 1. The molecular formula is C17H17ClN4S. The molecule has 1 aromatic heterocycles. The Morgan fingerprint density at radius 3 is 2.91 bits per heavy atom. The van der Waals surface area contributed by atoms with Gasteiger partial charge in [-0.05, 0) is 31.1 Å². The third-order valence-corrected chi connectivity index (χ3v) is 4.54. The van der Waals surface area contributed by atoms with Gasteiger partial charge in [0, 0.05) is 22.0 Å². The van der Waals surface area contributed by atoms with Gasteiger partial charge in [0.25, 0.3) is 0 Å². The Bertz CT molecular complexity index is 774. The quantitative estimate of drug-likeness (QED) is 0.635. The molecule has 0 amide bonds. The zero-order valence-electron chi connectivity index (χ0n) is 12.7. The Labute approximate surface area is 144 Å².